The van der Waals surface area contributed by atoms with E-state index in [0.29, 0.717) is 0 Å². The number of alkyl halides is 3. The smallest absolute Gasteiger partial charge is 0.312 e. The van der Waals surface area contributed by atoms with Crippen molar-refractivity contribution in [3.05, 3.63) is 18.0 Å². The van der Waals surface area contributed by atoms with Gasteiger partial charge < -0.3 is 5.32 Å². The molecule has 2 atom stereocenters. The normalized spacial score (nSPS) is 26.8. The molecule has 1 saturated carbocycles. The van der Waals surface area contributed by atoms with Crippen LogP contribution in [-0.2, 0) is 6.18 Å². The third kappa shape index (κ3) is 2.78. The van der Waals surface area contributed by atoms with E-state index in [9.17, 15) is 13.2 Å². The average molecular weight is 275 g/mol. The lowest BCUT2D eigenvalue weighted by molar-refractivity contribution is -0.137. The second kappa shape index (κ2) is 4.81. The maximum absolute atomic E-state index is 12.6. The highest BCUT2D eigenvalue weighted by Gasteiger charge is 2.43. The highest BCUT2D eigenvalue weighted by atomic mass is 19.4. The standard InChI is InChI=1S/C13H20F3N3/c1-4-17-11-10(5-6-12(11,2)3)19-8-9(7-18-19)13(14,15)16/h7-8,10-11,17H,4-6H2,1-3H3. The van der Waals surface area contributed by atoms with E-state index in [0.717, 1.165) is 31.8 Å². The Labute approximate surface area is 111 Å². The minimum Gasteiger partial charge on any atom is -0.312 e. The van der Waals surface area contributed by atoms with Crippen LogP contribution in [0.15, 0.2) is 12.4 Å². The van der Waals surface area contributed by atoms with Crippen molar-refractivity contribution in [3.8, 4) is 0 Å². The van der Waals surface area contributed by atoms with Gasteiger partial charge in [-0.25, -0.2) is 0 Å². The molecule has 1 aromatic rings. The monoisotopic (exact) mass is 275 g/mol. The molecule has 0 aliphatic heterocycles. The minimum atomic E-state index is -4.32. The molecular formula is C13H20F3N3. The van der Waals surface area contributed by atoms with E-state index in [1.807, 2.05) is 6.92 Å². The van der Waals surface area contributed by atoms with Gasteiger partial charge in [-0.3, -0.25) is 4.68 Å². The second-order valence-corrected chi connectivity index (χ2v) is 5.84. The first-order valence-corrected chi connectivity index (χ1v) is 6.60. The van der Waals surface area contributed by atoms with Gasteiger partial charge in [0, 0.05) is 12.2 Å². The molecule has 0 aromatic carbocycles. The SMILES string of the molecule is CCNC1C(n2cc(C(F)(F)F)cn2)CCC1(C)C. The van der Waals surface area contributed by atoms with E-state index in [2.05, 4.69) is 24.3 Å². The number of hydrogen-bond donors (Lipinski definition) is 1. The van der Waals surface area contributed by atoms with Crippen LogP contribution in [0, 0.1) is 5.41 Å². The lowest BCUT2D eigenvalue weighted by Gasteiger charge is -2.31. The van der Waals surface area contributed by atoms with E-state index in [-0.39, 0.29) is 17.5 Å². The number of nitrogens with one attached hydrogen (secondary N) is 1. The molecule has 19 heavy (non-hydrogen) atoms. The number of hydrogen-bond acceptors (Lipinski definition) is 2. The first kappa shape index (κ1) is 14.4. The molecule has 0 radical (unpaired) electrons. The lowest BCUT2D eigenvalue weighted by Crippen LogP contribution is -2.42. The topological polar surface area (TPSA) is 29.9 Å². The van der Waals surface area contributed by atoms with Crippen LogP contribution in [-0.4, -0.2) is 22.4 Å². The van der Waals surface area contributed by atoms with Crippen molar-refractivity contribution in [1.82, 2.24) is 15.1 Å². The Morgan fingerprint density at radius 2 is 2.16 bits per heavy atom. The first-order chi connectivity index (χ1) is 8.75. The van der Waals surface area contributed by atoms with Crippen molar-refractivity contribution in [2.45, 2.75) is 51.9 Å². The van der Waals surface area contributed by atoms with E-state index in [1.165, 1.54) is 4.68 Å². The largest absolute Gasteiger partial charge is 0.419 e. The molecule has 3 nitrogen and oxygen atoms in total. The van der Waals surface area contributed by atoms with Gasteiger partial charge in [-0.2, -0.15) is 18.3 Å². The Morgan fingerprint density at radius 3 is 2.68 bits per heavy atom. The van der Waals surface area contributed by atoms with Crippen LogP contribution in [0.25, 0.3) is 0 Å². The van der Waals surface area contributed by atoms with Crippen LogP contribution < -0.4 is 5.32 Å². The minimum absolute atomic E-state index is 0.00829. The van der Waals surface area contributed by atoms with Gasteiger partial charge in [0.1, 0.15) is 0 Å². The van der Waals surface area contributed by atoms with E-state index in [1.54, 1.807) is 0 Å². The molecule has 0 bridgehead atoms. The van der Waals surface area contributed by atoms with Gasteiger partial charge in [0.25, 0.3) is 0 Å². The molecule has 2 unspecified atom stereocenters. The molecule has 6 heteroatoms. The summed E-state index contributed by atoms with van der Waals surface area (Å²) in [5.41, 5.74) is -0.599. The summed E-state index contributed by atoms with van der Waals surface area (Å²) in [5.74, 6) is 0. The average Bonchev–Trinajstić information content (AvgIpc) is 2.85. The number of rotatable bonds is 3. The Hall–Kier alpha value is -1.04. The third-order valence-electron chi connectivity index (χ3n) is 4.00. The maximum atomic E-state index is 12.6. The van der Waals surface area contributed by atoms with Gasteiger partial charge in [-0.1, -0.05) is 20.8 Å². The highest BCUT2D eigenvalue weighted by Crippen LogP contribution is 2.44. The summed E-state index contributed by atoms with van der Waals surface area (Å²) in [5, 5.41) is 7.31. The molecular weight excluding hydrogens is 255 g/mol. The van der Waals surface area contributed by atoms with Crippen molar-refractivity contribution in [1.29, 1.82) is 0 Å². The molecule has 1 aliphatic rings. The Morgan fingerprint density at radius 1 is 1.47 bits per heavy atom. The van der Waals surface area contributed by atoms with E-state index in [4.69, 9.17) is 0 Å². The summed E-state index contributed by atoms with van der Waals surface area (Å²) in [7, 11) is 0. The number of likely N-dealkylation sites (N-methyl/N-ethyl adjacent to an activating group) is 1. The first-order valence-electron chi connectivity index (χ1n) is 6.60. The summed E-state index contributed by atoms with van der Waals surface area (Å²) >= 11 is 0. The summed E-state index contributed by atoms with van der Waals surface area (Å²) in [6.07, 6.45) is -0.453. The Kier molecular flexibility index (Phi) is 3.64. The van der Waals surface area contributed by atoms with Gasteiger partial charge in [-0.05, 0) is 24.8 Å². The molecule has 1 aromatic heterocycles. The number of halogens is 3. The fourth-order valence-corrected chi connectivity index (χ4v) is 2.95. The quantitative estimate of drug-likeness (QED) is 0.917. The van der Waals surface area contributed by atoms with Crippen LogP contribution in [0.5, 0.6) is 0 Å². The third-order valence-corrected chi connectivity index (χ3v) is 4.00. The van der Waals surface area contributed by atoms with Crippen LogP contribution >= 0.6 is 0 Å². The van der Waals surface area contributed by atoms with Crippen LogP contribution in [0.4, 0.5) is 13.2 Å². The summed E-state index contributed by atoms with van der Waals surface area (Å²) in [4.78, 5) is 0. The molecule has 108 valence electrons. The number of aromatic nitrogens is 2. The van der Waals surface area contributed by atoms with Crippen molar-refractivity contribution in [3.63, 3.8) is 0 Å². The second-order valence-electron chi connectivity index (χ2n) is 5.84. The molecule has 1 N–H and O–H groups in total. The predicted molar refractivity (Wildman–Crippen MR) is 66.7 cm³/mol. The highest BCUT2D eigenvalue weighted by molar-refractivity contribution is 5.10. The molecule has 0 saturated heterocycles. The Balaban J connectivity index is 2.24. The van der Waals surface area contributed by atoms with Gasteiger partial charge in [0.15, 0.2) is 0 Å². The molecule has 0 spiro atoms. The molecule has 1 fully saturated rings. The van der Waals surface area contributed by atoms with E-state index >= 15 is 0 Å². The lowest BCUT2D eigenvalue weighted by atomic mass is 9.86. The van der Waals surface area contributed by atoms with Crippen LogP contribution in [0.1, 0.15) is 45.2 Å². The van der Waals surface area contributed by atoms with Crippen LogP contribution in [0.3, 0.4) is 0 Å². The summed E-state index contributed by atoms with van der Waals surface area (Å²) in [6, 6.07) is 0.143. The molecule has 2 rings (SSSR count). The number of nitrogens with zero attached hydrogens (tertiary/aromatic N) is 2. The van der Waals surface area contributed by atoms with Crippen LogP contribution in [0.2, 0.25) is 0 Å². The summed E-state index contributed by atoms with van der Waals surface area (Å²) in [6.45, 7) is 7.11. The van der Waals surface area contributed by atoms with Gasteiger partial charge in [0.2, 0.25) is 0 Å². The molecule has 0 amide bonds. The zero-order valence-electron chi connectivity index (χ0n) is 11.5. The van der Waals surface area contributed by atoms with Crippen molar-refractivity contribution < 1.29 is 13.2 Å². The van der Waals surface area contributed by atoms with Gasteiger partial charge in [-0.15, -0.1) is 0 Å². The van der Waals surface area contributed by atoms with Gasteiger partial charge >= 0.3 is 6.18 Å². The molecule has 1 heterocycles. The zero-order valence-corrected chi connectivity index (χ0v) is 11.5. The zero-order chi connectivity index (χ0) is 14.3. The fraction of sp³-hybridized carbons (Fsp3) is 0.769. The Bertz CT molecular complexity index is 437. The van der Waals surface area contributed by atoms with E-state index < -0.39 is 11.7 Å². The predicted octanol–water partition coefficient (Wildman–Crippen LogP) is 3.24. The molecule has 1 aliphatic carbocycles. The summed E-state index contributed by atoms with van der Waals surface area (Å²) < 4.78 is 39.3. The maximum Gasteiger partial charge on any atom is 0.419 e. The van der Waals surface area contributed by atoms with Gasteiger partial charge in [0.05, 0.1) is 17.8 Å². The van der Waals surface area contributed by atoms with Crippen molar-refractivity contribution in [2.24, 2.45) is 5.41 Å². The van der Waals surface area contributed by atoms with Crippen molar-refractivity contribution in [2.75, 3.05) is 6.54 Å². The van der Waals surface area contributed by atoms with Crippen molar-refractivity contribution >= 4 is 0 Å². The fourth-order valence-electron chi connectivity index (χ4n) is 2.95.